The lowest BCUT2D eigenvalue weighted by Crippen LogP contribution is -2.48. The van der Waals surface area contributed by atoms with E-state index in [9.17, 15) is 0 Å². The Balaban J connectivity index is 2.35. The number of hydrogen-bond acceptors (Lipinski definition) is 3. The highest BCUT2D eigenvalue weighted by Crippen LogP contribution is 2.44. The van der Waals surface area contributed by atoms with E-state index in [1.54, 1.807) is 0 Å². The Kier molecular flexibility index (Phi) is 5.26. The molecule has 1 fully saturated rings. The molecule has 1 heterocycles. The van der Waals surface area contributed by atoms with Crippen molar-refractivity contribution in [1.29, 1.82) is 0 Å². The molecule has 1 aromatic rings. The van der Waals surface area contributed by atoms with Gasteiger partial charge in [-0.15, -0.1) is 0 Å². The number of hydrogen-bond donors (Lipinski definition) is 1. The number of ether oxygens (including phenoxy) is 1. The first kappa shape index (κ1) is 16.0. The zero-order chi connectivity index (χ0) is 14.8. The monoisotopic (exact) mass is 343 g/mol. The van der Waals surface area contributed by atoms with Gasteiger partial charge in [0.1, 0.15) is 0 Å². The van der Waals surface area contributed by atoms with Crippen LogP contribution in [0.5, 0.6) is 0 Å². The van der Waals surface area contributed by atoms with E-state index in [-0.39, 0.29) is 11.6 Å². The molecule has 5 heteroatoms. The van der Waals surface area contributed by atoms with Gasteiger partial charge in [-0.05, 0) is 61.5 Å². The Morgan fingerprint density at radius 3 is 2.65 bits per heavy atom. The molecule has 1 atom stereocenters. The van der Waals surface area contributed by atoms with Crippen LogP contribution in [0.1, 0.15) is 51.3 Å². The maximum absolute atomic E-state index is 6.28. The number of likely N-dealkylation sites (N-methyl/N-ethyl adjacent to an activating group) is 1. The van der Waals surface area contributed by atoms with Crippen molar-refractivity contribution < 1.29 is 4.74 Å². The van der Waals surface area contributed by atoms with Crippen LogP contribution in [0.25, 0.3) is 0 Å². The van der Waals surface area contributed by atoms with Crippen LogP contribution in [0.4, 0.5) is 0 Å². The molecule has 0 radical (unpaired) electrons. The molecule has 0 saturated heterocycles. The highest BCUT2D eigenvalue weighted by molar-refractivity contribution is 9.10. The molecule has 1 aliphatic rings. The predicted molar refractivity (Wildman–Crippen MR) is 84.7 cm³/mol. The fraction of sp³-hybridized carbons (Fsp3) is 0.800. The van der Waals surface area contributed by atoms with Crippen LogP contribution < -0.4 is 5.32 Å². The van der Waals surface area contributed by atoms with Crippen molar-refractivity contribution in [2.45, 2.75) is 51.2 Å². The van der Waals surface area contributed by atoms with Crippen molar-refractivity contribution in [3.05, 3.63) is 16.4 Å². The quantitative estimate of drug-likeness (QED) is 0.890. The average molecular weight is 344 g/mol. The molecule has 0 aliphatic heterocycles. The summed E-state index contributed by atoms with van der Waals surface area (Å²) in [6.07, 6.45) is 6.53. The summed E-state index contributed by atoms with van der Waals surface area (Å²) in [5.74, 6) is 0.802. The zero-order valence-electron chi connectivity index (χ0n) is 12.9. The van der Waals surface area contributed by atoms with Crippen LogP contribution in [0.3, 0.4) is 0 Å². The Bertz CT molecular complexity index is 419. The molecule has 4 nitrogen and oxygen atoms in total. The number of aromatic nitrogens is 2. The minimum Gasteiger partial charge on any atom is -0.373 e. The summed E-state index contributed by atoms with van der Waals surface area (Å²) in [7, 11) is 4.01. The molecule has 0 amide bonds. The van der Waals surface area contributed by atoms with Crippen LogP contribution in [0.15, 0.2) is 10.7 Å². The molecule has 1 saturated carbocycles. The van der Waals surface area contributed by atoms with Crippen molar-refractivity contribution in [2.75, 3.05) is 13.7 Å². The molecular weight excluding hydrogens is 318 g/mol. The van der Waals surface area contributed by atoms with Gasteiger partial charge < -0.3 is 10.1 Å². The fourth-order valence-corrected chi connectivity index (χ4v) is 4.03. The average Bonchev–Trinajstić information content (AvgIpc) is 2.75. The van der Waals surface area contributed by atoms with Crippen molar-refractivity contribution in [3.63, 3.8) is 0 Å². The van der Waals surface area contributed by atoms with E-state index in [4.69, 9.17) is 4.74 Å². The largest absolute Gasteiger partial charge is 0.373 e. The van der Waals surface area contributed by atoms with Gasteiger partial charge in [0.15, 0.2) is 0 Å². The summed E-state index contributed by atoms with van der Waals surface area (Å²) in [5.41, 5.74) is 1.06. The third-order valence-electron chi connectivity index (χ3n) is 4.58. The third kappa shape index (κ3) is 2.95. The van der Waals surface area contributed by atoms with E-state index in [1.165, 1.54) is 18.5 Å². The smallest absolute Gasteiger partial charge is 0.0891 e. The molecule has 1 aromatic heterocycles. The van der Waals surface area contributed by atoms with Gasteiger partial charge in [-0.3, -0.25) is 4.68 Å². The summed E-state index contributed by atoms with van der Waals surface area (Å²) >= 11 is 3.63. The van der Waals surface area contributed by atoms with Gasteiger partial charge in [-0.2, -0.15) is 5.10 Å². The summed E-state index contributed by atoms with van der Waals surface area (Å²) in [6.45, 7) is 5.18. The number of aryl methyl sites for hydroxylation is 1. The van der Waals surface area contributed by atoms with Crippen molar-refractivity contribution >= 4 is 15.9 Å². The minimum absolute atomic E-state index is 0.119. The second kappa shape index (κ2) is 6.58. The zero-order valence-corrected chi connectivity index (χ0v) is 14.5. The molecule has 0 bridgehead atoms. The van der Waals surface area contributed by atoms with Crippen LogP contribution in [0.2, 0.25) is 0 Å². The predicted octanol–water partition coefficient (Wildman–Crippen LogP) is 3.43. The summed E-state index contributed by atoms with van der Waals surface area (Å²) in [5, 5.41) is 7.84. The lowest BCUT2D eigenvalue weighted by molar-refractivity contribution is -0.0978. The van der Waals surface area contributed by atoms with Gasteiger partial charge in [0.2, 0.25) is 0 Å². The molecule has 1 unspecified atom stereocenters. The van der Waals surface area contributed by atoms with Gasteiger partial charge >= 0.3 is 0 Å². The first-order chi connectivity index (χ1) is 9.54. The lowest BCUT2D eigenvalue weighted by Gasteiger charge is -2.44. The Labute approximate surface area is 130 Å². The molecule has 0 aromatic carbocycles. The van der Waals surface area contributed by atoms with Gasteiger partial charge in [-0.1, -0.05) is 6.92 Å². The minimum atomic E-state index is -0.119. The molecular formula is C15H26BrN3O. The topological polar surface area (TPSA) is 39.1 Å². The van der Waals surface area contributed by atoms with Crippen LogP contribution in [-0.2, 0) is 11.8 Å². The maximum atomic E-state index is 6.28. The van der Waals surface area contributed by atoms with Crippen molar-refractivity contribution in [3.8, 4) is 0 Å². The van der Waals surface area contributed by atoms with Gasteiger partial charge in [0.05, 0.1) is 28.0 Å². The van der Waals surface area contributed by atoms with Crippen LogP contribution >= 0.6 is 15.9 Å². The number of nitrogens with one attached hydrogen (secondary N) is 1. The highest BCUT2D eigenvalue weighted by Gasteiger charge is 2.44. The van der Waals surface area contributed by atoms with Crippen LogP contribution in [-0.4, -0.2) is 29.0 Å². The highest BCUT2D eigenvalue weighted by atomic mass is 79.9. The first-order valence-corrected chi connectivity index (χ1v) is 8.32. The maximum Gasteiger partial charge on any atom is 0.0891 e. The Morgan fingerprint density at radius 2 is 2.20 bits per heavy atom. The number of nitrogens with zero attached hydrogens (tertiary/aromatic N) is 2. The normalized spacial score (nSPS) is 28.6. The second-order valence-corrected chi connectivity index (χ2v) is 6.76. The molecule has 0 spiro atoms. The van der Waals surface area contributed by atoms with E-state index < -0.39 is 0 Å². The molecule has 2 rings (SSSR count). The van der Waals surface area contributed by atoms with Crippen molar-refractivity contribution in [1.82, 2.24) is 15.1 Å². The third-order valence-corrected chi connectivity index (χ3v) is 5.19. The Hall–Kier alpha value is -0.390. The first-order valence-electron chi connectivity index (χ1n) is 7.52. The number of halogens is 1. The van der Waals surface area contributed by atoms with E-state index in [2.05, 4.69) is 40.2 Å². The second-order valence-electron chi connectivity index (χ2n) is 5.90. The molecule has 1 N–H and O–H groups in total. The van der Waals surface area contributed by atoms with E-state index in [0.717, 1.165) is 29.8 Å². The van der Waals surface area contributed by atoms with Gasteiger partial charge in [-0.25, -0.2) is 0 Å². The van der Waals surface area contributed by atoms with Crippen molar-refractivity contribution in [2.24, 2.45) is 13.0 Å². The standard InChI is InChI=1S/C15H26BrN3O/c1-5-20-15(8-6-11(2)7-9-15)14(17-3)13-12(16)10-18-19(13)4/h10-11,14,17H,5-9H2,1-4H3. The fourth-order valence-electron chi connectivity index (χ4n) is 3.45. The summed E-state index contributed by atoms with van der Waals surface area (Å²) in [6, 6.07) is 0.164. The number of rotatable bonds is 5. The summed E-state index contributed by atoms with van der Waals surface area (Å²) < 4.78 is 9.28. The van der Waals surface area contributed by atoms with E-state index >= 15 is 0 Å². The Morgan fingerprint density at radius 1 is 1.55 bits per heavy atom. The van der Waals surface area contributed by atoms with Crippen LogP contribution in [0, 0.1) is 5.92 Å². The van der Waals surface area contributed by atoms with E-state index in [0.29, 0.717) is 0 Å². The molecule has 20 heavy (non-hydrogen) atoms. The van der Waals surface area contributed by atoms with Gasteiger partial charge in [0.25, 0.3) is 0 Å². The lowest BCUT2D eigenvalue weighted by atomic mass is 9.74. The molecule has 114 valence electrons. The summed E-state index contributed by atoms with van der Waals surface area (Å²) in [4.78, 5) is 0. The van der Waals surface area contributed by atoms with Gasteiger partial charge in [0, 0.05) is 13.7 Å². The van der Waals surface area contributed by atoms with E-state index in [1.807, 2.05) is 25.0 Å². The SMILES string of the molecule is CCOC1(C(NC)c2c(Br)cnn2C)CCC(C)CC1. The molecule has 1 aliphatic carbocycles.